The van der Waals surface area contributed by atoms with Gasteiger partial charge in [0.1, 0.15) is 11.6 Å². The zero-order valence-electron chi connectivity index (χ0n) is 11.9. The van der Waals surface area contributed by atoms with Crippen LogP contribution in [0.3, 0.4) is 0 Å². The van der Waals surface area contributed by atoms with Gasteiger partial charge in [-0.05, 0) is 19.3 Å². The van der Waals surface area contributed by atoms with Crippen LogP contribution in [0.15, 0.2) is 12.1 Å². The van der Waals surface area contributed by atoms with E-state index in [2.05, 4.69) is 20.9 Å². The molecule has 1 aromatic rings. The number of nitrogens with one attached hydrogen (secondary N) is 3. The van der Waals surface area contributed by atoms with E-state index in [1.165, 1.54) is 12.1 Å². The summed E-state index contributed by atoms with van der Waals surface area (Å²) in [6, 6.07) is 2.99. The summed E-state index contributed by atoms with van der Waals surface area (Å²) in [6.07, 6.45) is 2.93. The van der Waals surface area contributed by atoms with Crippen LogP contribution >= 0.6 is 0 Å². The fourth-order valence-electron chi connectivity index (χ4n) is 1.73. The third-order valence-electron chi connectivity index (χ3n) is 2.95. The van der Waals surface area contributed by atoms with Crippen molar-refractivity contribution < 1.29 is 9.72 Å². The number of anilines is 2. The molecule has 0 aromatic carbocycles. The van der Waals surface area contributed by atoms with Crippen LogP contribution in [0, 0.1) is 10.1 Å². The summed E-state index contributed by atoms with van der Waals surface area (Å²) in [7, 11) is 0. The number of pyridine rings is 1. The number of aromatic nitrogens is 1. The molecule has 0 atom stereocenters. The Morgan fingerprint density at radius 1 is 1.38 bits per heavy atom. The molecule has 1 aliphatic carbocycles. The van der Waals surface area contributed by atoms with Crippen LogP contribution in [0.4, 0.5) is 17.3 Å². The molecule has 8 nitrogen and oxygen atoms in total. The fourth-order valence-corrected chi connectivity index (χ4v) is 1.73. The zero-order valence-corrected chi connectivity index (χ0v) is 11.9. The lowest BCUT2D eigenvalue weighted by molar-refractivity contribution is -0.384. The third-order valence-corrected chi connectivity index (χ3v) is 2.95. The van der Waals surface area contributed by atoms with E-state index >= 15 is 0 Å². The molecule has 1 amide bonds. The van der Waals surface area contributed by atoms with Gasteiger partial charge in [0.05, 0.1) is 23.6 Å². The van der Waals surface area contributed by atoms with Gasteiger partial charge in [-0.3, -0.25) is 14.9 Å². The van der Waals surface area contributed by atoms with Crippen molar-refractivity contribution in [2.45, 2.75) is 32.2 Å². The molecule has 3 N–H and O–H groups in total. The molecule has 0 saturated heterocycles. The molecule has 1 aliphatic rings. The van der Waals surface area contributed by atoms with E-state index in [1.807, 2.05) is 6.92 Å². The van der Waals surface area contributed by atoms with Crippen molar-refractivity contribution >= 4 is 23.2 Å². The van der Waals surface area contributed by atoms with Gasteiger partial charge in [-0.15, -0.1) is 0 Å². The average Bonchev–Trinajstić information content (AvgIpc) is 3.26. The van der Waals surface area contributed by atoms with Gasteiger partial charge < -0.3 is 16.0 Å². The number of carbonyl (C=O) groups is 1. The summed E-state index contributed by atoms with van der Waals surface area (Å²) in [5, 5.41) is 19.6. The second-order valence-corrected chi connectivity index (χ2v) is 4.98. The molecule has 0 radical (unpaired) electrons. The molecule has 8 heteroatoms. The van der Waals surface area contributed by atoms with Gasteiger partial charge in [-0.1, -0.05) is 6.92 Å². The Bertz CT molecular complexity index is 531. The van der Waals surface area contributed by atoms with Crippen molar-refractivity contribution in [2.24, 2.45) is 0 Å². The summed E-state index contributed by atoms with van der Waals surface area (Å²) in [4.78, 5) is 26.2. The average molecular weight is 293 g/mol. The summed E-state index contributed by atoms with van der Waals surface area (Å²) in [6.45, 7) is 2.72. The lowest BCUT2D eigenvalue weighted by Gasteiger charge is -2.09. The van der Waals surface area contributed by atoms with E-state index in [4.69, 9.17) is 0 Å². The minimum absolute atomic E-state index is 0.0535. The zero-order chi connectivity index (χ0) is 15.2. The van der Waals surface area contributed by atoms with Gasteiger partial charge in [0, 0.05) is 12.6 Å². The van der Waals surface area contributed by atoms with Crippen LogP contribution < -0.4 is 16.0 Å². The SMILES string of the molecule is CCCNc1cc([N+](=O)[O-])cc(NCC(=O)NC2CC2)n1. The first-order chi connectivity index (χ1) is 10.1. The lowest BCUT2D eigenvalue weighted by Crippen LogP contribution is -2.31. The third kappa shape index (κ3) is 4.90. The van der Waals surface area contributed by atoms with Gasteiger partial charge in [0.15, 0.2) is 0 Å². The molecule has 21 heavy (non-hydrogen) atoms. The minimum Gasteiger partial charge on any atom is -0.370 e. The monoisotopic (exact) mass is 293 g/mol. The van der Waals surface area contributed by atoms with Crippen molar-refractivity contribution in [3.8, 4) is 0 Å². The molecule has 1 saturated carbocycles. The highest BCUT2D eigenvalue weighted by atomic mass is 16.6. The largest absolute Gasteiger partial charge is 0.370 e. The van der Waals surface area contributed by atoms with Crippen LogP contribution in [0.1, 0.15) is 26.2 Å². The van der Waals surface area contributed by atoms with E-state index in [-0.39, 0.29) is 18.1 Å². The van der Waals surface area contributed by atoms with Crippen LogP contribution in [-0.2, 0) is 4.79 Å². The molecule has 1 fully saturated rings. The standard InChI is InChI=1S/C13H19N5O3/c1-2-5-14-11-6-10(18(20)21)7-12(17-11)15-8-13(19)16-9-3-4-9/h6-7,9H,2-5,8H2,1H3,(H,16,19)(H2,14,15,17). The maximum Gasteiger partial charge on any atom is 0.276 e. The lowest BCUT2D eigenvalue weighted by atomic mass is 10.3. The van der Waals surface area contributed by atoms with Gasteiger partial charge in [0.2, 0.25) is 5.91 Å². The van der Waals surface area contributed by atoms with E-state index in [0.717, 1.165) is 19.3 Å². The van der Waals surface area contributed by atoms with Crippen LogP contribution in [0.5, 0.6) is 0 Å². The van der Waals surface area contributed by atoms with Crippen molar-refractivity contribution in [3.63, 3.8) is 0 Å². The first-order valence-electron chi connectivity index (χ1n) is 7.02. The molecule has 0 spiro atoms. The van der Waals surface area contributed by atoms with E-state index in [0.29, 0.717) is 24.2 Å². The fraction of sp³-hybridized carbons (Fsp3) is 0.538. The molecule has 0 unspecified atom stereocenters. The Morgan fingerprint density at radius 3 is 2.62 bits per heavy atom. The predicted octanol–water partition coefficient (Wildman–Crippen LogP) is 1.50. The second-order valence-electron chi connectivity index (χ2n) is 4.98. The first-order valence-corrected chi connectivity index (χ1v) is 7.02. The summed E-state index contributed by atoms with van der Waals surface area (Å²) >= 11 is 0. The number of nitro groups is 1. The number of rotatable bonds is 8. The quantitative estimate of drug-likeness (QED) is 0.495. The minimum atomic E-state index is -0.478. The van der Waals surface area contributed by atoms with Gasteiger partial charge in [-0.2, -0.15) is 0 Å². The highest BCUT2D eigenvalue weighted by Crippen LogP contribution is 2.21. The Kier molecular flexibility index (Phi) is 4.91. The van der Waals surface area contributed by atoms with Crippen LogP contribution in [0.25, 0.3) is 0 Å². The Balaban J connectivity index is 2.00. The van der Waals surface area contributed by atoms with Gasteiger partial charge >= 0.3 is 0 Å². The van der Waals surface area contributed by atoms with Crippen molar-refractivity contribution in [1.29, 1.82) is 0 Å². The molecule has 1 heterocycles. The van der Waals surface area contributed by atoms with Crippen molar-refractivity contribution in [3.05, 3.63) is 22.2 Å². The van der Waals surface area contributed by atoms with Crippen LogP contribution in [0.2, 0.25) is 0 Å². The Morgan fingerprint density at radius 2 is 2.05 bits per heavy atom. The van der Waals surface area contributed by atoms with E-state index in [9.17, 15) is 14.9 Å². The number of amides is 1. The Labute approximate surface area is 122 Å². The molecular formula is C13H19N5O3. The molecule has 0 bridgehead atoms. The maximum absolute atomic E-state index is 11.6. The second kappa shape index (κ2) is 6.87. The predicted molar refractivity (Wildman–Crippen MR) is 79.3 cm³/mol. The summed E-state index contributed by atoms with van der Waals surface area (Å²) < 4.78 is 0. The van der Waals surface area contributed by atoms with Crippen LogP contribution in [-0.4, -0.2) is 34.9 Å². The maximum atomic E-state index is 11.6. The van der Waals surface area contributed by atoms with Crippen molar-refractivity contribution in [1.82, 2.24) is 10.3 Å². The highest BCUT2D eigenvalue weighted by Gasteiger charge is 2.23. The summed E-state index contributed by atoms with van der Waals surface area (Å²) in [5.41, 5.74) is -0.0614. The number of carbonyl (C=O) groups excluding carboxylic acids is 1. The first kappa shape index (κ1) is 15.0. The van der Waals surface area contributed by atoms with E-state index in [1.54, 1.807) is 0 Å². The van der Waals surface area contributed by atoms with Gasteiger partial charge in [0.25, 0.3) is 5.69 Å². The number of nitrogens with zero attached hydrogens (tertiary/aromatic N) is 2. The molecule has 114 valence electrons. The summed E-state index contributed by atoms with van der Waals surface area (Å²) in [5.74, 6) is 0.610. The molecule has 1 aromatic heterocycles. The molecule has 0 aliphatic heterocycles. The van der Waals surface area contributed by atoms with Crippen molar-refractivity contribution in [2.75, 3.05) is 23.7 Å². The van der Waals surface area contributed by atoms with E-state index < -0.39 is 4.92 Å². The number of hydrogen-bond acceptors (Lipinski definition) is 6. The molecule has 2 rings (SSSR count). The smallest absolute Gasteiger partial charge is 0.276 e. The highest BCUT2D eigenvalue weighted by molar-refractivity contribution is 5.81. The Hall–Kier alpha value is -2.38. The topological polar surface area (TPSA) is 109 Å². The number of hydrogen-bond donors (Lipinski definition) is 3. The van der Waals surface area contributed by atoms with Gasteiger partial charge in [-0.25, -0.2) is 4.98 Å². The normalized spacial score (nSPS) is 13.6. The molecular weight excluding hydrogens is 274 g/mol.